The number of allylic oxidation sites excluding steroid dienone is 2. The van der Waals surface area contributed by atoms with Crippen LogP contribution in [0.4, 0.5) is 0 Å². The van der Waals surface area contributed by atoms with E-state index in [1.54, 1.807) is 0 Å². The SMILES string of the molecule is CCCCCCCC/C=C/CCCCCCCCNCCC(=O)NC(C(C)NC(=O)CC)[N+](C)(C)C. The minimum Gasteiger partial charge on any atom is -0.346 e. The Hall–Kier alpha value is -1.40. The second-order valence-electron chi connectivity index (χ2n) is 11.3. The molecule has 3 N–H and O–H groups in total. The Balaban J connectivity index is 3.67. The first-order chi connectivity index (χ1) is 17.2. The maximum Gasteiger partial charge on any atom is 0.225 e. The minimum atomic E-state index is -0.163. The zero-order valence-electron chi connectivity index (χ0n) is 24.8. The molecule has 0 radical (unpaired) electrons. The van der Waals surface area contributed by atoms with Crippen molar-refractivity contribution in [2.45, 2.75) is 136 Å². The number of carbonyl (C=O) groups is 2. The van der Waals surface area contributed by atoms with Gasteiger partial charge in [0.25, 0.3) is 0 Å². The molecule has 0 aliphatic heterocycles. The fourth-order valence-corrected chi connectivity index (χ4v) is 4.49. The molecule has 0 aliphatic carbocycles. The number of hydrogen-bond acceptors (Lipinski definition) is 3. The van der Waals surface area contributed by atoms with Gasteiger partial charge in [-0.15, -0.1) is 0 Å². The Bertz CT molecular complexity index is 572. The standard InChI is InChI=1S/C30H60N4O2/c1-7-9-10-11-12-13-14-15-16-17-18-19-20-21-22-23-25-31-26-24-29(36)33-30(34(4,5)6)27(3)32-28(35)8-2/h15-16,27,30-31H,7-14,17-26H2,1-6H3,(H-,32,33,35,36)/p+1/b16-15+. The van der Waals surface area contributed by atoms with E-state index in [4.69, 9.17) is 0 Å². The van der Waals surface area contributed by atoms with Crippen LogP contribution in [0.2, 0.25) is 0 Å². The normalized spacial score (nSPS) is 13.6. The van der Waals surface area contributed by atoms with Crippen LogP contribution in [0.5, 0.6) is 0 Å². The summed E-state index contributed by atoms with van der Waals surface area (Å²) in [6.45, 7) is 7.72. The molecule has 2 unspecified atom stereocenters. The predicted molar refractivity (Wildman–Crippen MR) is 155 cm³/mol. The van der Waals surface area contributed by atoms with Crippen molar-refractivity contribution in [3.8, 4) is 0 Å². The van der Waals surface area contributed by atoms with Crippen LogP contribution < -0.4 is 16.0 Å². The summed E-state index contributed by atoms with van der Waals surface area (Å²) in [4.78, 5) is 24.2. The van der Waals surface area contributed by atoms with Crippen molar-refractivity contribution in [3.63, 3.8) is 0 Å². The largest absolute Gasteiger partial charge is 0.346 e. The molecule has 36 heavy (non-hydrogen) atoms. The van der Waals surface area contributed by atoms with Crippen LogP contribution in [0.3, 0.4) is 0 Å². The van der Waals surface area contributed by atoms with Crippen molar-refractivity contribution < 1.29 is 14.1 Å². The summed E-state index contributed by atoms with van der Waals surface area (Å²) in [7, 11) is 6.10. The van der Waals surface area contributed by atoms with Crippen LogP contribution in [0.1, 0.15) is 124 Å². The number of unbranched alkanes of at least 4 members (excludes halogenated alkanes) is 12. The molecule has 0 aromatic rings. The first kappa shape index (κ1) is 34.6. The van der Waals surface area contributed by atoms with Gasteiger partial charge in [0.2, 0.25) is 11.8 Å². The van der Waals surface area contributed by atoms with E-state index < -0.39 is 0 Å². The van der Waals surface area contributed by atoms with Crippen molar-refractivity contribution in [2.75, 3.05) is 34.2 Å². The van der Waals surface area contributed by atoms with Gasteiger partial charge in [0, 0.05) is 19.4 Å². The van der Waals surface area contributed by atoms with Gasteiger partial charge in [-0.3, -0.25) is 9.59 Å². The highest BCUT2D eigenvalue weighted by Gasteiger charge is 2.32. The summed E-state index contributed by atoms with van der Waals surface area (Å²) in [6, 6.07) is -0.129. The maximum absolute atomic E-state index is 12.5. The highest BCUT2D eigenvalue weighted by molar-refractivity contribution is 5.77. The van der Waals surface area contributed by atoms with Crippen LogP contribution in [0.15, 0.2) is 12.2 Å². The smallest absolute Gasteiger partial charge is 0.225 e. The van der Waals surface area contributed by atoms with Gasteiger partial charge in [0.05, 0.1) is 27.2 Å². The number of nitrogens with zero attached hydrogens (tertiary/aromatic N) is 1. The summed E-state index contributed by atoms with van der Waals surface area (Å²) < 4.78 is 0.555. The molecule has 0 saturated heterocycles. The molecular weight excluding hydrogens is 448 g/mol. The van der Waals surface area contributed by atoms with Crippen LogP contribution >= 0.6 is 0 Å². The average molecular weight is 510 g/mol. The molecule has 0 spiro atoms. The van der Waals surface area contributed by atoms with Crippen LogP contribution in [0, 0.1) is 0 Å². The molecule has 0 aliphatic rings. The van der Waals surface area contributed by atoms with Gasteiger partial charge in [-0.2, -0.15) is 0 Å². The van der Waals surface area contributed by atoms with Crippen LogP contribution in [-0.2, 0) is 9.59 Å². The number of hydrogen-bond donors (Lipinski definition) is 3. The number of quaternary nitrogens is 1. The van der Waals surface area contributed by atoms with E-state index in [0.29, 0.717) is 23.9 Å². The van der Waals surface area contributed by atoms with Gasteiger partial charge >= 0.3 is 0 Å². The zero-order chi connectivity index (χ0) is 27.1. The molecule has 212 valence electrons. The van der Waals surface area contributed by atoms with Crippen LogP contribution in [0.25, 0.3) is 0 Å². The lowest BCUT2D eigenvalue weighted by Gasteiger charge is -2.38. The Kier molecular flexibility index (Phi) is 21.9. The topological polar surface area (TPSA) is 70.2 Å². The molecule has 0 bridgehead atoms. The highest BCUT2D eigenvalue weighted by atomic mass is 16.2. The first-order valence-electron chi connectivity index (χ1n) is 15.0. The summed E-state index contributed by atoms with van der Waals surface area (Å²) in [5.74, 6) is 0.0340. The third kappa shape index (κ3) is 20.8. The third-order valence-corrected chi connectivity index (χ3v) is 6.72. The lowest BCUT2D eigenvalue weighted by molar-refractivity contribution is -0.899. The van der Waals surface area contributed by atoms with E-state index >= 15 is 0 Å². The molecule has 0 saturated carbocycles. The first-order valence-corrected chi connectivity index (χ1v) is 15.0. The number of amides is 2. The monoisotopic (exact) mass is 509 g/mol. The second kappa shape index (κ2) is 22.8. The van der Waals surface area contributed by atoms with Crippen molar-refractivity contribution in [1.29, 1.82) is 0 Å². The van der Waals surface area contributed by atoms with Gasteiger partial charge in [0.1, 0.15) is 0 Å². The molecule has 0 fully saturated rings. The maximum atomic E-state index is 12.5. The fraction of sp³-hybridized carbons (Fsp3) is 0.867. The molecule has 6 nitrogen and oxygen atoms in total. The Labute approximate surface area is 224 Å². The summed E-state index contributed by atoms with van der Waals surface area (Å²) in [5.41, 5.74) is 0. The Morgan fingerprint density at radius 1 is 0.694 bits per heavy atom. The number of carbonyl (C=O) groups excluding carboxylic acids is 2. The Morgan fingerprint density at radius 3 is 1.75 bits per heavy atom. The molecule has 0 rings (SSSR count). The van der Waals surface area contributed by atoms with Gasteiger partial charge in [-0.25, -0.2) is 0 Å². The van der Waals surface area contributed by atoms with Crippen molar-refractivity contribution in [3.05, 3.63) is 12.2 Å². The van der Waals surface area contributed by atoms with E-state index in [-0.39, 0.29) is 24.0 Å². The number of rotatable bonds is 24. The molecular formula is C30H61N4O2+. The second-order valence-corrected chi connectivity index (χ2v) is 11.3. The predicted octanol–water partition coefficient (Wildman–Crippen LogP) is 6.07. The molecule has 0 heterocycles. The lowest BCUT2D eigenvalue weighted by atomic mass is 10.1. The zero-order valence-corrected chi connectivity index (χ0v) is 24.8. The third-order valence-electron chi connectivity index (χ3n) is 6.72. The average Bonchev–Trinajstić information content (AvgIpc) is 2.83. The van der Waals surface area contributed by atoms with E-state index in [9.17, 15) is 9.59 Å². The van der Waals surface area contributed by atoms with Gasteiger partial charge in [-0.1, -0.05) is 83.8 Å². The van der Waals surface area contributed by atoms with Crippen LogP contribution in [-0.4, -0.2) is 62.7 Å². The van der Waals surface area contributed by atoms with E-state index in [1.807, 2.05) is 35.0 Å². The Morgan fingerprint density at radius 2 is 1.22 bits per heavy atom. The van der Waals surface area contributed by atoms with Gasteiger partial charge in [-0.05, 0) is 45.6 Å². The summed E-state index contributed by atoms with van der Waals surface area (Å²) >= 11 is 0. The minimum absolute atomic E-state index is 0.00695. The fourth-order valence-electron chi connectivity index (χ4n) is 4.49. The summed E-state index contributed by atoms with van der Waals surface area (Å²) in [5, 5.41) is 9.50. The number of likely N-dealkylation sites (N-methyl/N-ethyl adjacent to an activating group) is 1. The van der Waals surface area contributed by atoms with E-state index in [0.717, 1.165) is 6.54 Å². The van der Waals surface area contributed by atoms with E-state index in [2.05, 4.69) is 35.0 Å². The van der Waals surface area contributed by atoms with Gasteiger partial charge in [0.15, 0.2) is 6.17 Å². The number of nitrogens with one attached hydrogen (secondary N) is 3. The molecule has 2 amide bonds. The molecule has 0 aromatic carbocycles. The van der Waals surface area contributed by atoms with Crippen molar-refractivity contribution >= 4 is 11.8 Å². The molecule has 0 aromatic heterocycles. The quantitative estimate of drug-likeness (QED) is 0.0640. The lowest BCUT2D eigenvalue weighted by Crippen LogP contribution is -2.64. The molecule has 6 heteroatoms. The van der Waals surface area contributed by atoms with Crippen molar-refractivity contribution in [2.24, 2.45) is 0 Å². The summed E-state index contributed by atoms with van der Waals surface area (Å²) in [6.07, 6.45) is 24.0. The molecule has 2 atom stereocenters. The van der Waals surface area contributed by atoms with Crippen molar-refractivity contribution in [1.82, 2.24) is 16.0 Å². The van der Waals surface area contributed by atoms with E-state index in [1.165, 1.54) is 89.9 Å². The highest BCUT2D eigenvalue weighted by Crippen LogP contribution is 2.10. The van der Waals surface area contributed by atoms with Gasteiger partial charge < -0.3 is 20.4 Å².